The summed E-state index contributed by atoms with van der Waals surface area (Å²) in [6, 6.07) is 7.88. The van der Waals surface area contributed by atoms with Crippen LogP contribution in [0.4, 0.5) is 17.3 Å². The number of hydrogen-bond acceptors (Lipinski definition) is 6. The number of nitrogens with one attached hydrogen (secondary N) is 1. The van der Waals surface area contributed by atoms with Crippen LogP contribution in [-0.4, -0.2) is 33.0 Å². The van der Waals surface area contributed by atoms with Crippen LogP contribution in [0.25, 0.3) is 11.2 Å². The Morgan fingerprint density at radius 2 is 1.77 bits per heavy atom. The smallest absolute Gasteiger partial charge is 0.180 e. The third-order valence-electron chi connectivity index (χ3n) is 3.78. The number of rotatable bonds is 3. The van der Waals surface area contributed by atoms with Gasteiger partial charge in [-0.2, -0.15) is 0 Å². The Balaban J connectivity index is 1.54. The van der Waals surface area contributed by atoms with Crippen molar-refractivity contribution >= 4 is 28.5 Å². The summed E-state index contributed by atoms with van der Waals surface area (Å²) in [4.78, 5) is 19.7. The molecule has 0 radical (unpaired) electrons. The Kier molecular flexibility index (Phi) is 3.27. The van der Waals surface area contributed by atoms with Gasteiger partial charge in [-0.05, 0) is 37.1 Å². The molecule has 0 atom stereocenters. The molecule has 0 unspecified atom stereocenters. The van der Waals surface area contributed by atoms with Gasteiger partial charge in [-0.25, -0.2) is 15.0 Å². The molecule has 0 bridgehead atoms. The average molecular weight is 292 g/mol. The van der Waals surface area contributed by atoms with Crippen LogP contribution in [0.15, 0.2) is 42.9 Å². The minimum absolute atomic E-state index is 0.633. The Hall–Kier alpha value is -2.76. The minimum atomic E-state index is 0.633. The molecule has 0 saturated carbocycles. The summed E-state index contributed by atoms with van der Waals surface area (Å²) in [5, 5.41) is 3.25. The summed E-state index contributed by atoms with van der Waals surface area (Å²) >= 11 is 0. The van der Waals surface area contributed by atoms with Gasteiger partial charge in [-0.15, -0.1) is 0 Å². The van der Waals surface area contributed by atoms with Gasteiger partial charge < -0.3 is 10.2 Å². The Morgan fingerprint density at radius 3 is 2.59 bits per heavy atom. The second-order valence-corrected chi connectivity index (χ2v) is 5.32. The van der Waals surface area contributed by atoms with Crippen molar-refractivity contribution < 1.29 is 0 Å². The first-order valence-corrected chi connectivity index (χ1v) is 7.44. The highest BCUT2D eigenvalue weighted by Gasteiger charge is 2.13. The van der Waals surface area contributed by atoms with Crippen molar-refractivity contribution in [2.75, 3.05) is 23.3 Å². The normalized spacial score (nSPS) is 14.5. The lowest BCUT2D eigenvalue weighted by molar-refractivity contribution is 0.938. The molecule has 6 heteroatoms. The van der Waals surface area contributed by atoms with E-state index < -0.39 is 0 Å². The first-order valence-electron chi connectivity index (χ1n) is 7.44. The second kappa shape index (κ2) is 5.55. The predicted octanol–water partition coefficient (Wildman–Crippen LogP) is 2.76. The van der Waals surface area contributed by atoms with E-state index in [-0.39, 0.29) is 0 Å². The molecule has 1 aliphatic heterocycles. The van der Waals surface area contributed by atoms with Crippen molar-refractivity contribution in [3.63, 3.8) is 0 Å². The highest BCUT2D eigenvalue weighted by atomic mass is 15.2. The van der Waals surface area contributed by atoms with Crippen LogP contribution >= 0.6 is 0 Å². The molecular weight excluding hydrogens is 276 g/mol. The summed E-state index contributed by atoms with van der Waals surface area (Å²) in [6.07, 6.45) is 7.66. The molecule has 1 saturated heterocycles. The number of anilines is 3. The summed E-state index contributed by atoms with van der Waals surface area (Å²) in [5.74, 6) is 1.78. The molecule has 1 aliphatic rings. The summed E-state index contributed by atoms with van der Waals surface area (Å²) < 4.78 is 0. The van der Waals surface area contributed by atoms with Crippen LogP contribution in [0.5, 0.6) is 0 Å². The van der Waals surface area contributed by atoms with Crippen LogP contribution < -0.4 is 10.2 Å². The molecule has 3 aromatic heterocycles. The largest absolute Gasteiger partial charge is 0.357 e. The van der Waals surface area contributed by atoms with Crippen molar-refractivity contribution in [2.24, 2.45) is 0 Å². The zero-order valence-electron chi connectivity index (χ0n) is 12.1. The maximum atomic E-state index is 4.53. The van der Waals surface area contributed by atoms with Gasteiger partial charge in [0.15, 0.2) is 5.65 Å². The van der Waals surface area contributed by atoms with Crippen molar-refractivity contribution in [2.45, 2.75) is 12.8 Å². The third kappa shape index (κ3) is 2.55. The molecule has 22 heavy (non-hydrogen) atoms. The zero-order valence-corrected chi connectivity index (χ0v) is 12.1. The summed E-state index contributed by atoms with van der Waals surface area (Å²) in [5.41, 5.74) is 2.34. The monoisotopic (exact) mass is 292 g/mol. The topological polar surface area (TPSA) is 66.8 Å². The number of hydrogen-bond donors (Lipinski definition) is 1. The van der Waals surface area contributed by atoms with E-state index in [0.29, 0.717) is 5.65 Å². The molecule has 3 aromatic rings. The molecule has 0 aromatic carbocycles. The Morgan fingerprint density at radius 1 is 0.909 bits per heavy atom. The molecule has 6 nitrogen and oxygen atoms in total. The third-order valence-corrected chi connectivity index (χ3v) is 3.78. The fourth-order valence-electron chi connectivity index (χ4n) is 2.67. The van der Waals surface area contributed by atoms with Gasteiger partial charge in [0, 0.05) is 25.5 Å². The first-order chi connectivity index (χ1) is 10.9. The van der Waals surface area contributed by atoms with E-state index in [9.17, 15) is 0 Å². The van der Waals surface area contributed by atoms with Crippen LogP contribution in [-0.2, 0) is 0 Å². The first kappa shape index (κ1) is 12.9. The molecule has 0 amide bonds. The summed E-state index contributed by atoms with van der Waals surface area (Å²) in [6.45, 7) is 2.20. The maximum absolute atomic E-state index is 4.53. The standard InChI is InChI=1S/C16H16N6/c1-2-10-22(9-1)15-6-3-12(11-19-15)20-14-5-4-13-16(21-14)18-8-7-17-13/h3-8,11H,1-2,9-10H2,(H,18,20,21). The number of fused-ring (bicyclic) bond motifs is 1. The van der Waals surface area contributed by atoms with Gasteiger partial charge in [-0.3, -0.25) is 4.98 Å². The van der Waals surface area contributed by atoms with Crippen LogP contribution in [0.3, 0.4) is 0 Å². The van der Waals surface area contributed by atoms with Crippen LogP contribution in [0.1, 0.15) is 12.8 Å². The van der Waals surface area contributed by atoms with Gasteiger partial charge in [-0.1, -0.05) is 0 Å². The van der Waals surface area contributed by atoms with Crippen LogP contribution in [0.2, 0.25) is 0 Å². The number of aromatic nitrogens is 4. The number of nitrogens with zero attached hydrogens (tertiary/aromatic N) is 5. The van der Waals surface area contributed by atoms with Crippen molar-refractivity contribution in [1.82, 2.24) is 19.9 Å². The molecule has 4 heterocycles. The van der Waals surface area contributed by atoms with E-state index in [1.54, 1.807) is 12.4 Å². The van der Waals surface area contributed by atoms with Gasteiger partial charge in [0.25, 0.3) is 0 Å². The predicted molar refractivity (Wildman–Crippen MR) is 86.3 cm³/mol. The molecule has 0 spiro atoms. The summed E-state index contributed by atoms with van der Waals surface area (Å²) in [7, 11) is 0. The molecule has 1 N–H and O–H groups in total. The molecule has 1 fully saturated rings. The molecule has 0 aliphatic carbocycles. The molecule has 4 rings (SSSR count). The van der Waals surface area contributed by atoms with E-state index in [2.05, 4.69) is 36.2 Å². The molecule has 110 valence electrons. The maximum Gasteiger partial charge on any atom is 0.180 e. The van der Waals surface area contributed by atoms with E-state index in [4.69, 9.17) is 0 Å². The second-order valence-electron chi connectivity index (χ2n) is 5.32. The quantitative estimate of drug-likeness (QED) is 0.800. The van der Waals surface area contributed by atoms with E-state index >= 15 is 0 Å². The van der Waals surface area contributed by atoms with Gasteiger partial charge in [0.1, 0.15) is 17.2 Å². The van der Waals surface area contributed by atoms with Gasteiger partial charge in [0.05, 0.1) is 11.9 Å². The lowest BCUT2D eigenvalue weighted by atomic mass is 10.3. The fourth-order valence-corrected chi connectivity index (χ4v) is 2.67. The van der Waals surface area contributed by atoms with E-state index in [0.717, 1.165) is 35.9 Å². The average Bonchev–Trinajstić information content (AvgIpc) is 3.10. The SMILES string of the molecule is c1cnc2nc(Nc3ccc(N4CCCC4)nc3)ccc2n1. The highest BCUT2D eigenvalue weighted by Crippen LogP contribution is 2.21. The van der Waals surface area contributed by atoms with Crippen molar-refractivity contribution in [1.29, 1.82) is 0 Å². The van der Waals surface area contributed by atoms with E-state index in [1.165, 1.54) is 12.8 Å². The molecular formula is C16H16N6. The van der Waals surface area contributed by atoms with Crippen molar-refractivity contribution in [3.05, 3.63) is 42.9 Å². The lowest BCUT2D eigenvalue weighted by Gasteiger charge is -2.16. The number of pyridine rings is 2. The highest BCUT2D eigenvalue weighted by molar-refractivity contribution is 5.72. The lowest BCUT2D eigenvalue weighted by Crippen LogP contribution is -2.18. The Bertz CT molecular complexity index is 780. The van der Waals surface area contributed by atoms with Gasteiger partial charge >= 0.3 is 0 Å². The van der Waals surface area contributed by atoms with Crippen molar-refractivity contribution in [3.8, 4) is 0 Å². The fraction of sp³-hybridized carbons (Fsp3) is 0.250. The minimum Gasteiger partial charge on any atom is -0.357 e. The zero-order chi connectivity index (χ0) is 14.8. The van der Waals surface area contributed by atoms with Gasteiger partial charge in [0.2, 0.25) is 0 Å². The Labute approximate surface area is 128 Å². The van der Waals surface area contributed by atoms with Crippen LogP contribution in [0, 0.1) is 0 Å². The van der Waals surface area contributed by atoms with E-state index in [1.807, 2.05) is 24.4 Å².